The van der Waals surface area contributed by atoms with E-state index in [9.17, 15) is 8.42 Å². The number of hydrogen-bond acceptors (Lipinski definition) is 4. The molecule has 0 bridgehead atoms. The van der Waals surface area contributed by atoms with Gasteiger partial charge < -0.3 is 10.2 Å². The lowest BCUT2D eigenvalue weighted by Gasteiger charge is -2.27. The van der Waals surface area contributed by atoms with Crippen molar-refractivity contribution in [3.05, 3.63) is 23.2 Å². The lowest BCUT2D eigenvalue weighted by Crippen LogP contribution is -2.48. The Morgan fingerprint density at radius 1 is 1.30 bits per heavy atom. The summed E-state index contributed by atoms with van der Waals surface area (Å²) in [6.07, 6.45) is 0. The van der Waals surface area contributed by atoms with Crippen molar-refractivity contribution < 1.29 is 8.42 Å². The van der Waals surface area contributed by atoms with Gasteiger partial charge in [0.15, 0.2) is 0 Å². The van der Waals surface area contributed by atoms with Crippen LogP contribution in [0.1, 0.15) is 0 Å². The first-order valence-electron chi connectivity index (χ1n) is 6.35. The number of rotatable bonds is 4. The largest absolute Gasteiger partial charge is 0.376 e. The Balaban J connectivity index is 2.15. The maximum Gasteiger partial charge on any atom is 0.301 e. The van der Waals surface area contributed by atoms with Crippen LogP contribution < -0.4 is 14.9 Å². The van der Waals surface area contributed by atoms with Gasteiger partial charge in [-0.05, 0) is 18.2 Å². The molecule has 0 saturated carbocycles. The Morgan fingerprint density at radius 2 is 1.95 bits per heavy atom. The molecule has 0 radical (unpaired) electrons. The molecule has 0 atom stereocenters. The van der Waals surface area contributed by atoms with Crippen molar-refractivity contribution in [2.75, 3.05) is 49.9 Å². The van der Waals surface area contributed by atoms with Crippen LogP contribution in [0.4, 0.5) is 11.4 Å². The average molecular weight is 319 g/mol. The summed E-state index contributed by atoms with van der Waals surface area (Å²) in [6.45, 7) is 2.28. The predicted octanol–water partition coefficient (Wildman–Crippen LogP) is 0.968. The van der Waals surface area contributed by atoms with Gasteiger partial charge in [-0.25, -0.2) is 0 Å². The van der Waals surface area contributed by atoms with Gasteiger partial charge in [-0.15, -0.1) is 0 Å². The molecule has 1 fully saturated rings. The Bertz CT molecular complexity index is 571. The topological polar surface area (TPSA) is 64.7 Å². The molecule has 2 rings (SSSR count). The van der Waals surface area contributed by atoms with Crippen molar-refractivity contribution in [2.45, 2.75) is 0 Å². The van der Waals surface area contributed by atoms with E-state index < -0.39 is 10.2 Å². The predicted molar refractivity (Wildman–Crippen MR) is 82.8 cm³/mol. The minimum atomic E-state index is -3.52. The van der Waals surface area contributed by atoms with Crippen LogP contribution in [-0.4, -0.2) is 53.0 Å². The summed E-state index contributed by atoms with van der Waals surface area (Å²) in [5, 5.41) is 3.63. The zero-order valence-electron chi connectivity index (χ0n) is 11.6. The number of piperazine rings is 1. The van der Waals surface area contributed by atoms with Crippen LogP contribution >= 0.6 is 11.6 Å². The Hall–Kier alpha value is -1.02. The molecule has 0 amide bonds. The van der Waals surface area contributed by atoms with Gasteiger partial charge in [0, 0.05) is 40.3 Å². The molecule has 1 aromatic carbocycles. The standard InChI is InChI=1S/C12H19ClN4O2S/c1-16(2)12-4-3-10(9-11(12)13)15-20(18,19)17-7-5-14-6-8-17/h3-4,9,14-15H,5-8H2,1-2H3. The molecule has 0 aliphatic carbocycles. The molecule has 0 unspecified atom stereocenters. The minimum absolute atomic E-state index is 0.471. The molecule has 1 aliphatic heterocycles. The van der Waals surface area contributed by atoms with Gasteiger partial charge in [0.05, 0.1) is 16.4 Å². The third-order valence-corrected chi connectivity index (χ3v) is 4.93. The monoisotopic (exact) mass is 318 g/mol. The van der Waals surface area contributed by atoms with Crippen molar-refractivity contribution >= 4 is 33.2 Å². The van der Waals surface area contributed by atoms with Crippen LogP contribution in [0, 0.1) is 0 Å². The van der Waals surface area contributed by atoms with Crippen LogP contribution in [0.25, 0.3) is 0 Å². The minimum Gasteiger partial charge on any atom is -0.376 e. The van der Waals surface area contributed by atoms with Gasteiger partial charge in [-0.1, -0.05) is 11.6 Å². The maximum atomic E-state index is 12.2. The van der Waals surface area contributed by atoms with E-state index >= 15 is 0 Å². The molecule has 6 nitrogen and oxygen atoms in total. The van der Waals surface area contributed by atoms with E-state index in [2.05, 4.69) is 10.0 Å². The van der Waals surface area contributed by atoms with E-state index in [1.54, 1.807) is 18.2 Å². The van der Waals surface area contributed by atoms with Gasteiger partial charge in [-0.2, -0.15) is 12.7 Å². The smallest absolute Gasteiger partial charge is 0.301 e. The van der Waals surface area contributed by atoms with Crippen LogP contribution in [0.15, 0.2) is 18.2 Å². The molecule has 20 heavy (non-hydrogen) atoms. The van der Waals surface area contributed by atoms with Crippen LogP contribution in [0.3, 0.4) is 0 Å². The number of anilines is 2. The molecular weight excluding hydrogens is 300 g/mol. The van der Waals surface area contributed by atoms with Gasteiger partial charge in [0.2, 0.25) is 0 Å². The third kappa shape index (κ3) is 3.54. The maximum absolute atomic E-state index is 12.2. The van der Waals surface area contributed by atoms with E-state index in [-0.39, 0.29) is 0 Å². The van der Waals surface area contributed by atoms with E-state index in [0.29, 0.717) is 36.9 Å². The fourth-order valence-corrected chi connectivity index (χ4v) is 3.60. The normalized spacial score (nSPS) is 16.9. The molecule has 1 aromatic rings. The summed E-state index contributed by atoms with van der Waals surface area (Å²) < 4.78 is 28.4. The number of nitrogens with zero attached hydrogens (tertiary/aromatic N) is 2. The summed E-state index contributed by atoms with van der Waals surface area (Å²) in [5.74, 6) is 0. The lowest BCUT2D eigenvalue weighted by molar-refractivity contribution is 0.362. The second-order valence-corrected chi connectivity index (χ2v) is 6.89. The first kappa shape index (κ1) is 15.4. The summed E-state index contributed by atoms with van der Waals surface area (Å²) in [4.78, 5) is 1.87. The molecule has 1 saturated heterocycles. The second kappa shape index (κ2) is 6.17. The summed E-state index contributed by atoms with van der Waals surface area (Å²) >= 11 is 6.14. The average Bonchev–Trinajstić information content (AvgIpc) is 2.39. The zero-order chi connectivity index (χ0) is 14.8. The second-order valence-electron chi connectivity index (χ2n) is 4.82. The Morgan fingerprint density at radius 3 is 2.50 bits per heavy atom. The molecule has 0 spiro atoms. The van der Waals surface area contributed by atoms with Crippen molar-refractivity contribution in [1.82, 2.24) is 9.62 Å². The molecular formula is C12H19ClN4O2S. The van der Waals surface area contributed by atoms with Gasteiger partial charge >= 0.3 is 10.2 Å². The molecule has 8 heteroatoms. The van der Waals surface area contributed by atoms with Crippen LogP contribution in [0.2, 0.25) is 5.02 Å². The van der Waals surface area contributed by atoms with E-state index in [1.807, 2.05) is 19.0 Å². The van der Waals surface area contributed by atoms with Gasteiger partial charge in [0.1, 0.15) is 0 Å². The highest BCUT2D eigenvalue weighted by Gasteiger charge is 2.23. The van der Waals surface area contributed by atoms with Crippen LogP contribution in [-0.2, 0) is 10.2 Å². The van der Waals surface area contributed by atoms with E-state index in [4.69, 9.17) is 11.6 Å². The van der Waals surface area contributed by atoms with Gasteiger partial charge in [0.25, 0.3) is 0 Å². The van der Waals surface area contributed by atoms with Crippen molar-refractivity contribution in [1.29, 1.82) is 0 Å². The molecule has 1 aliphatic rings. The molecule has 112 valence electrons. The highest BCUT2D eigenvalue weighted by atomic mass is 35.5. The third-order valence-electron chi connectivity index (χ3n) is 3.09. The van der Waals surface area contributed by atoms with E-state index in [0.717, 1.165) is 5.69 Å². The number of benzene rings is 1. The highest BCUT2D eigenvalue weighted by Crippen LogP contribution is 2.28. The Labute approximate surface area is 124 Å². The van der Waals surface area contributed by atoms with E-state index in [1.165, 1.54) is 4.31 Å². The summed E-state index contributed by atoms with van der Waals surface area (Å²) in [6, 6.07) is 5.12. The lowest BCUT2D eigenvalue weighted by atomic mass is 10.3. The fraction of sp³-hybridized carbons (Fsp3) is 0.500. The zero-order valence-corrected chi connectivity index (χ0v) is 13.1. The SMILES string of the molecule is CN(C)c1ccc(NS(=O)(=O)N2CCNCC2)cc1Cl. The summed E-state index contributed by atoms with van der Waals surface area (Å²) in [5.41, 5.74) is 1.32. The number of halogens is 1. The van der Waals surface area contributed by atoms with Crippen LogP contribution in [0.5, 0.6) is 0 Å². The fourth-order valence-electron chi connectivity index (χ4n) is 2.03. The first-order chi connectivity index (χ1) is 9.40. The highest BCUT2D eigenvalue weighted by molar-refractivity contribution is 7.90. The van der Waals surface area contributed by atoms with Crippen molar-refractivity contribution in [3.63, 3.8) is 0 Å². The first-order valence-corrected chi connectivity index (χ1v) is 8.17. The van der Waals surface area contributed by atoms with Crippen molar-refractivity contribution in [2.24, 2.45) is 0 Å². The molecule has 1 heterocycles. The summed E-state index contributed by atoms with van der Waals surface area (Å²) in [7, 11) is 0.246. The Kier molecular flexibility index (Phi) is 4.74. The molecule has 0 aromatic heterocycles. The number of nitrogens with one attached hydrogen (secondary N) is 2. The van der Waals surface area contributed by atoms with Crippen molar-refractivity contribution in [3.8, 4) is 0 Å². The van der Waals surface area contributed by atoms with Gasteiger partial charge in [-0.3, -0.25) is 4.72 Å². The quantitative estimate of drug-likeness (QED) is 0.868. The number of hydrogen-bond donors (Lipinski definition) is 2. The molecule has 2 N–H and O–H groups in total.